The summed E-state index contributed by atoms with van der Waals surface area (Å²) in [5, 5.41) is 23.9. The van der Waals surface area contributed by atoms with Gasteiger partial charge < -0.3 is 14.9 Å². The summed E-state index contributed by atoms with van der Waals surface area (Å²) >= 11 is 5.88. The fraction of sp³-hybridized carbons (Fsp3) is 0.211. The first-order valence-corrected chi connectivity index (χ1v) is 10.7. The molecule has 0 amide bonds. The van der Waals surface area contributed by atoms with Crippen molar-refractivity contribution in [2.24, 2.45) is 5.16 Å². The van der Waals surface area contributed by atoms with Crippen molar-refractivity contribution in [2.75, 3.05) is 17.1 Å². The summed E-state index contributed by atoms with van der Waals surface area (Å²) < 4.78 is 27.4. The quantitative estimate of drug-likeness (QED) is 0.348. The summed E-state index contributed by atoms with van der Waals surface area (Å²) in [4.78, 5) is 0. The SMILES string of the molecule is CS(=O)(=O)N(C[C@H](O)Cn1cc(/C=N\O)c2ccccc21)c1ccc(Cl)cc1. The number of sulfonamides is 1. The maximum Gasteiger partial charge on any atom is 0.232 e. The summed E-state index contributed by atoms with van der Waals surface area (Å²) in [5.74, 6) is 0. The number of halogens is 1. The molecule has 1 heterocycles. The zero-order valence-electron chi connectivity index (χ0n) is 15.1. The second-order valence-corrected chi connectivity index (χ2v) is 8.77. The van der Waals surface area contributed by atoms with Gasteiger partial charge in [-0.2, -0.15) is 0 Å². The smallest absolute Gasteiger partial charge is 0.232 e. The van der Waals surface area contributed by atoms with E-state index in [1.807, 2.05) is 24.3 Å². The van der Waals surface area contributed by atoms with E-state index < -0.39 is 16.1 Å². The van der Waals surface area contributed by atoms with E-state index in [0.29, 0.717) is 16.3 Å². The van der Waals surface area contributed by atoms with E-state index in [0.717, 1.165) is 21.5 Å². The number of oxime groups is 1. The van der Waals surface area contributed by atoms with Crippen molar-refractivity contribution < 1.29 is 18.7 Å². The van der Waals surface area contributed by atoms with Crippen LogP contribution in [0.5, 0.6) is 0 Å². The van der Waals surface area contributed by atoms with E-state index in [-0.39, 0.29) is 13.1 Å². The van der Waals surface area contributed by atoms with E-state index in [2.05, 4.69) is 5.16 Å². The van der Waals surface area contributed by atoms with Crippen LogP contribution in [0.4, 0.5) is 5.69 Å². The van der Waals surface area contributed by atoms with Crippen LogP contribution in [0.15, 0.2) is 59.9 Å². The third-order valence-electron chi connectivity index (χ3n) is 4.32. The average Bonchev–Trinajstić information content (AvgIpc) is 2.98. The van der Waals surface area contributed by atoms with Crippen LogP contribution in [0.25, 0.3) is 10.9 Å². The van der Waals surface area contributed by atoms with E-state index in [1.165, 1.54) is 6.21 Å². The Morgan fingerprint density at radius 2 is 1.89 bits per heavy atom. The minimum atomic E-state index is -3.60. The minimum absolute atomic E-state index is 0.115. The third-order valence-corrected chi connectivity index (χ3v) is 5.73. The Balaban J connectivity index is 1.87. The van der Waals surface area contributed by atoms with Gasteiger partial charge in [0.15, 0.2) is 0 Å². The highest BCUT2D eigenvalue weighted by Gasteiger charge is 2.22. The molecule has 1 atom stereocenters. The summed E-state index contributed by atoms with van der Waals surface area (Å²) in [5.41, 5.74) is 1.97. The van der Waals surface area contributed by atoms with Crippen LogP contribution in [0.1, 0.15) is 5.56 Å². The second-order valence-electron chi connectivity index (χ2n) is 6.42. The molecule has 0 spiro atoms. The Labute approximate surface area is 168 Å². The summed E-state index contributed by atoms with van der Waals surface area (Å²) in [6.07, 6.45) is 3.19. The molecule has 0 fully saturated rings. The molecule has 3 rings (SSSR count). The minimum Gasteiger partial charge on any atom is -0.411 e. The molecule has 9 heteroatoms. The normalized spacial score (nSPS) is 13.2. The largest absolute Gasteiger partial charge is 0.411 e. The lowest BCUT2D eigenvalue weighted by molar-refractivity contribution is 0.164. The van der Waals surface area contributed by atoms with Gasteiger partial charge in [0.1, 0.15) is 0 Å². The molecule has 0 aliphatic heterocycles. The highest BCUT2D eigenvalue weighted by Crippen LogP contribution is 2.23. The third kappa shape index (κ3) is 4.46. The summed E-state index contributed by atoms with van der Waals surface area (Å²) in [7, 11) is -3.60. The Kier molecular flexibility index (Phi) is 5.93. The van der Waals surface area contributed by atoms with Gasteiger partial charge in [-0.15, -0.1) is 0 Å². The van der Waals surface area contributed by atoms with Gasteiger partial charge in [-0.1, -0.05) is 35.0 Å². The topological polar surface area (TPSA) is 95.1 Å². The number of hydrogen-bond donors (Lipinski definition) is 2. The molecule has 0 saturated carbocycles. The van der Waals surface area contributed by atoms with E-state index in [1.54, 1.807) is 35.0 Å². The molecule has 28 heavy (non-hydrogen) atoms. The predicted molar refractivity (Wildman–Crippen MR) is 111 cm³/mol. The molecule has 0 aliphatic carbocycles. The predicted octanol–water partition coefficient (Wildman–Crippen LogP) is 2.93. The number of aromatic nitrogens is 1. The fourth-order valence-corrected chi connectivity index (χ4v) is 4.18. The lowest BCUT2D eigenvalue weighted by Crippen LogP contribution is -2.38. The number of nitrogens with zero attached hydrogens (tertiary/aromatic N) is 3. The molecular weight excluding hydrogens is 402 g/mol. The van der Waals surface area contributed by atoms with E-state index in [9.17, 15) is 13.5 Å². The van der Waals surface area contributed by atoms with Crippen molar-refractivity contribution in [3.63, 3.8) is 0 Å². The van der Waals surface area contributed by atoms with E-state index in [4.69, 9.17) is 16.8 Å². The van der Waals surface area contributed by atoms with Crippen LogP contribution >= 0.6 is 11.6 Å². The lowest BCUT2D eigenvalue weighted by atomic mass is 10.2. The zero-order valence-corrected chi connectivity index (χ0v) is 16.7. The first kappa shape index (κ1) is 20.2. The maximum atomic E-state index is 12.2. The van der Waals surface area contributed by atoms with Crippen LogP contribution in [0.2, 0.25) is 5.02 Å². The van der Waals surface area contributed by atoms with Crippen molar-refractivity contribution in [3.8, 4) is 0 Å². The van der Waals surface area contributed by atoms with Gasteiger partial charge in [-0.25, -0.2) is 8.42 Å². The van der Waals surface area contributed by atoms with Gasteiger partial charge in [-0.05, 0) is 30.3 Å². The molecule has 1 aromatic heterocycles. The number of rotatable bonds is 7. The number of benzene rings is 2. The van der Waals surface area contributed by atoms with Gasteiger partial charge in [0.05, 0.1) is 37.4 Å². The molecule has 0 aliphatic rings. The van der Waals surface area contributed by atoms with Crippen LogP contribution in [0, 0.1) is 0 Å². The molecule has 0 saturated heterocycles. The van der Waals surface area contributed by atoms with E-state index >= 15 is 0 Å². The van der Waals surface area contributed by atoms with Gasteiger partial charge in [0.2, 0.25) is 10.0 Å². The van der Waals surface area contributed by atoms with Gasteiger partial charge in [0.25, 0.3) is 0 Å². The molecule has 3 aromatic rings. The summed E-state index contributed by atoms with van der Waals surface area (Å²) in [6, 6.07) is 13.9. The van der Waals surface area contributed by atoms with Gasteiger partial charge in [0, 0.05) is 27.7 Å². The van der Waals surface area contributed by atoms with Gasteiger partial charge in [-0.3, -0.25) is 4.31 Å². The molecule has 0 unspecified atom stereocenters. The highest BCUT2D eigenvalue weighted by molar-refractivity contribution is 7.92. The number of aliphatic hydroxyl groups excluding tert-OH is 1. The number of anilines is 1. The molecule has 0 bridgehead atoms. The maximum absolute atomic E-state index is 12.2. The molecule has 2 aromatic carbocycles. The lowest BCUT2D eigenvalue weighted by Gasteiger charge is -2.25. The number of hydrogen-bond acceptors (Lipinski definition) is 5. The fourth-order valence-electron chi connectivity index (χ4n) is 3.11. The highest BCUT2D eigenvalue weighted by atomic mass is 35.5. The van der Waals surface area contributed by atoms with Crippen molar-refractivity contribution in [1.29, 1.82) is 0 Å². The van der Waals surface area contributed by atoms with Gasteiger partial charge >= 0.3 is 0 Å². The molecule has 148 valence electrons. The zero-order chi connectivity index (χ0) is 20.3. The standard InChI is InChI=1S/C19H20ClN3O4S/c1-28(26,27)23(16-8-6-15(20)7-9-16)13-17(24)12-22-11-14(10-21-25)18-4-2-3-5-19(18)22/h2-11,17,24-25H,12-13H2,1H3/b21-10-/t17-/m1/s1. The monoisotopic (exact) mass is 421 g/mol. The van der Waals surface area contributed by atoms with Crippen molar-refractivity contribution in [2.45, 2.75) is 12.6 Å². The van der Waals surface area contributed by atoms with Crippen LogP contribution in [-0.4, -0.2) is 48.4 Å². The molecule has 2 N–H and O–H groups in total. The Hall–Kier alpha value is -2.55. The van der Waals surface area contributed by atoms with Crippen LogP contribution < -0.4 is 4.31 Å². The first-order chi connectivity index (χ1) is 13.3. The van der Waals surface area contributed by atoms with Crippen molar-refractivity contribution >= 4 is 44.4 Å². The summed E-state index contributed by atoms with van der Waals surface area (Å²) in [6.45, 7) is 0.0514. The van der Waals surface area contributed by atoms with Crippen LogP contribution in [0.3, 0.4) is 0 Å². The second kappa shape index (κ2) is 8.22. The number of para-hydroxylation sites is 1. The molecular formula is C19H20ClN3O4S. The molecule has 0 radical (unpaired) electrons. The number of fused-ring (bicyclic) bond motifs is 1. The average molecular weight is 422 g/mol. The Bertz CT molecular complexity index is 1090. The Morgan fingerprint density at radius 3 is 2.54 bits per heavy atom. The first-order valence-electron chi connectivity index (χ1n) is 8.46. The number of aliphatic hydroxyl groups is 1. The van der Waals surface area contributed by atoms with Crippen molar-refractivity contribution in [3.05, 3.63) is 65.3 Å². The van der Waals surface area contributed by atoms with Crippen molar-refractivity contribution in [1.82, 2.24) is 4.57 Å². The van der Waals surface area contributed by atoms with Crippen LogP contribution in [-0.2, 0) is 16.6 Å². The molecule has 7 nitrogen and oxygen atoms in total. The Morgan fingerprint density at radius 1 is 1.21 bits per heavy atom.